The Kier molecular flexibility index (Phi) is 5.55. The lowest BCUT2D eigenvalue weighted by Gasteiger charge is -2.27. The standard InChI is InChI=1S/C14H23N3O/c1-2-5-17-14(13-9-15-11-16-10-13)8-12-3-6-18-7-4-12/h9-12,14,17H,2-8H2,1H3. The van der Waals surface area contributed by atoms with Crippen molar-refractivity contribution in [1.29, 1.82) is 0 Å². The van der Waals surface area contributed by atoms with Gasteiger partial charge in [0.25, 0.3) is 0 Å². The van der Waals surface area contributed by atoms with Gasteiger partial charge in [-0.1, -0.05) is 6.92 Å². The smallest absolute Gasteiger partial charge is 0.115 e. The summed E-state index contributed by atoms with van der Waals surface area (Å²) in [5, 5.41) is 3.61. The minimum absolute atomic E-state index is 0.384. The van der Waals surface area contributed by atoms with Crippen LogP contribution in [0.3, 0.4) is 0 Å². The van der Waals surface area contributed by atoms with Crippen molar-refractivity contribution < 1.29 is 4.74 Å². The molecule has 2 rings (SSSR count). The summed E-state index contributed by atoms with van der Waals surface area (Å²) in [5.74, 6) is 0.758. The van der Waals surface area contributed by atoms with Gasteiger partial charge >= 0.3 is 0 Å². The van der Waals surface area contributed by atoms with Crippen LogP contribution in [0.15, 0.2) is 18.7 Å². The second-order valence-corrected chi connectivity index (χ2v) is 4.97. The fourth-order valence-corrected chi connectivity index (χ4v) is 2.46. The molecule has 0 spiro atoms. The molecule has 1 aromatic heterocycles. The number of rotatable bonds is 6. The van der Waals surface area contributed by atoms with E-state index >= 15 is 0 Å². The predicted octanol–water partition coefficient (Wildman–Crippen LogP) is 2.33. The zero-order chi connectivity index (χ0) is 12.6. The fraction of sp³-hybridized carbons (Fsp3) is 0.714. The first-order chi connectivity index (χ1) is 8.90. The molecule has 2 heterocycles. The molecule has 1 aliphatic rings. The maximum Gasteiger partial charge on any atom is 0.115 e. The topological polar surface area (TPSA) is 47.0 Å². The van der Waals surface area contributed by atoms with E-state index < -0.39 is 0 Å². The molecule has 1 atom stereocenters. The van der Waals surface area contributed by atoms with E-state index in [9.17, 15) is 0 Å². The van der Waals surface area contributed by atoms with Gasteiger partial charge in [-0.3, -0.25) is 0 Å². The van der Waals surface area contributed by atoms with Crippen LogP contribution in [0.5, 0.6) is 0 Å². The van der Waals surface area contributed by atoms with E-state index in [-0.39, 0.29) is 0 Å². The summed E-state index contributed by atoms with van der Waals surface area (Å²) >= 11 is 0. The van der Waals surface area contributed by atoms with E-state index in [1.807, 2.05) is 12.4 Å². The molecule has 1 aliphatic heterocycles. The Morgan fingerprint density at radius 2 is 2.06 bits per heavy atom. The van der Waals surface area contributed by atoms with Gasteiger partial charge in [-0.15, -0.1) is 0 Å². The van der Waals surface area contributed by atoms with Crippen LogP contribution in [0.2, 0.25) is 0 Å². The second kappa shape index (κ2) is 7.44. The highest BCUT2D eigenvalue weighted by molar-refractivity contribution is 5.09. The molecule has 0 amide bonds. The molecular formula is C14H23N3O. The summed E-state index contributed by atoms with van der Waals surface area (Å²) in [6.45, 7) is 5.07. The monoisotopic (exact) mass is 249 g/mol. The molecule has 0 aliphatic carbocycles. The highest BCUT2D eigenvalue weighted by Crippen LogP contribution is 2.26. The maximum atomic E-state index is 5.42. The van der Waals surface area contributed by atoms with Crippen LogP contribution in [0.25, 0.3) is 0 Å². The molecule has 0 radical (unpaired) electrons. The fourth-order valence-electron chi connectivity index (χ4n) is 2.46. The van der Waals surface area contributed by atoms with Gasteiger partial charge in [0.2, 0.25) is 0 Å². The minimum atomic E-state index is 0.384. The lowest BCUT2D eigenvalue weighted by atomic mass is 9.90. The number of hydrogen-bond acceptors (Lipinski definition) is 4. The Balaban J connectivity index is 1.95. The largest absolute Gasteiger partial charge is 0.381 e. The van der Waals surface area contributed by atoms with Crippen LogP contribution in [-0.4, -0.2) is 29.7 Å². The molecular weight excluding hydrogens is 226 g/mol. The second-order valence-electron chi connectivity index (χ2n) is 4.97. The van der Waals surface area contributed by atoms with Gasteiger partial charge in [0.05, 0.1) is 0 Å². The van der Waals surface area contributed by atoms with Crippen LogP contribution in [0, 0.1) is 5.92 Å². The average Bonchev–Trinajstić information content (AvgIpc) is 2.45. The Morgan fingerprint density at radius 3 is 2.72 bits per heavy atom. The van der Waals surface area contributed by atoms with Gasteiger partial charge in [-0.25, -0.2) is 9.97 Å². The van der Waals surface area contributed by atoms with Gasteiger partial charge in [-0.2, -0.15) is 0 Å². The number of ether oxygens (including phenoxy) is 1. The van der Waals surface area contributed by atoms with Crippen molar-refractivity contribution in [3.63, 3.8) is 0 Å². The summed E-state index contributed by atoms with van der Waals surface area (Å²) in [7, 11) is 0. The zero-order valence-electron chi connectivity index (χ0n) is 11.1. The number of aromatic nitrogens is 2. The maximum absolute atomic E-state index is 5.42. The van der Waals surface area contributed by atoms with Gasteiger partial charge in [0, 0.05) is 37.2 Å². The van der Waals surface area contributed by atoms with E-state index in [2.05, 4.69) is 22.2 Å². The molecule has 1 unspecified atom stereocenters. The molecule has 100 valence electrons. The van der Waals surface area contributed by atoms with Crippen LogP contribution in [-0.2, 0) is 4.74 Å². The van der Waals surface area contributed by atoms with Crippen molar-refractivity contribution in [3.05, 3.63) is 24.3 Å². The lowest BCUT2D eigenvalue weighted by Crippen LogP contribution is -2.27. The molecule has 1 N–H and O–H groups in total. The average molecular weight is 249 g/mol. The first-order valence-electron chi connectivity index (χ1n) is 6.96. The third-order valence-electron chi connectivity index (χ3n) is 3.53. The van der Waals surface area contributed by atoms with Gasteiger partial charge in [0.15, 0.2) is 0 Å². The highest BCUT2D eigenvalue weighted by Gasteiger charge is 2.20. The molecule has 0 aromatic carbocycles. The predicted molar refractivity (Wildman–Crippen MR) is 71.2 cm³/mol. The molecule has 4 nitrogen and oxygen atoms in total. The molecule has 1 fully saturated rings. The summed E-state index contributed by atoms with van der Waals surface area (Å²) in [6, 6.07) is 0.384. The van der Waals surface area contributed by atoms with Crippen LogP contribution < -0.4 is 5.32 Å². The zero-order valence-corrected chi connectivity index (χ0v) is 11.1. The van der Waals surface area contributed by atoms with Gasteiger partial charge in [0.1, 0.15) is 6.33 Å². The SMILES string of the molecule is CCCNC(CC1CCOCC1)c1cncnc1. The third-order valence-corrected chi connectivity index (χ3v) is 3.53. The Morgan fingerprint density at radius 1 is 1.33 bits per heavy atom. The van der Waals surface area contributed by atoms with Gasteiger partial charge < -0.3 is 10.1 Å². The molecule has 1 saturated heterocycles. The Bertz CT molecular complexity index is 325. The Hall–Kier alpha value is -1.00. The van der Waals surface area contributed by atoms with Crippen molar-refractivity contribution in [2.24, 2.45) is 5.92 Å². The van der Waals surface area contributed by atoms with Crippen molar-refractivity contribution >= 4 is 0 Å². The third kappa shape index (κ3) is 4.03. The quantitative estimate of drug-likeness (QED) is 0.840. The molecule has 18 heavy (non-hydrogen) atoms. The lowest BCUT2D eigenvalue weighted by molar-refractivity contribution is 0.0605. The number of nitrogens with one attached hydrogen (secondary N) is 1. The van der Waals surface area contributed by atoms with E-state index in [1.165, 1.54) is 18.4 Å². The summed E-state index contributed by atoms with van der Waals surface area (Å²) < 4.78 is 5.42. The molecule has 0 saturated carbocycles. The van der Waals surface area contributed by atoms with Gasteiger partial charge in [-0.05, 0) is 38.1 Å². The van der Waals surface area contributed by atoms with Crippen LogP contribution in [0.4, 0.5) is 0 Å². The molecule has 0 bridgehead atoms. The van der Waals surface area contributed by atoms with Crippen LogP contribution >= 0.6 is 0 Å². The molecule has 4 heteroatoms. The van der Waals surface area contributed by atoms with E-state index in [0.717, 1.165) is 38.5 Å². The normalized spacial score (nSPS) is 18.7. The van der Waals surface area contributed by atoms with Crippen molar-refractivity contribution in [2.75, 3.05) is 19.8 Å². The highest BCUT2D eigenvalue weighted by atomic mass is 16.5. The van der Waals surface area contributed by atoms with E-state index in [1.54, 1.807) is 6.33 Å². The van der Waals surface area contributed by atoms with E-state index in [4.69, 9.17) is 4.74 Å². The summed E-state index contributed by atoms with van der Waals surface area (Å²) in [6.07, 6.45) is 10.1. The number of nitrogens with zero attached hydrogens (tertiary/aromatic N) is 2. The summed E-state index contributed by atoms with van der Waals surface area (Å²) in [5.41, 5.74) is 1.21. The first-order valence-corrected chi connectivity index (χ1v) is 6.96. The number of hydrogen-bond donors (Lipinski definition) is 1. The van der Waals surface area contributed by atoms with Crippen molar-refractivity contribution in [1.82, 2.24) is 15.3 Å². The molecule has 1 aromatic rings. The van der Waals surface area contributed by atoms with Crippen molar-refractivity contribution in [3.8, 4) is 0 Å². The minimum Gasteiger partial charge on any atom is -0.381 e. The summed E-state index contributed by atoms with van der Waals surface area (Å²) in [4.78, 5) is 8.26. The Labute approximate surface area is 109 Å². The first kappa shape index (κ1) is 13.4. The van der Waals surface area contributed by atoms with Crippen LogP contribution in [0.1, 0.15) is 44.2 Å². The van der Waals surface area contributed by atoms with E-state index in [0.29, 0.717) is 6.04 Å². The van der Waals surface area contributed by atoms with Crippen molar-refractivity contribution in [2.45, 2.75) is 38.6 Å².